The normalized spacial score (nSPS) is 14.4. The van der Waals surface area contributed by atoms with Crippen molar-refractivity contribution in [1.82, 2.24) is 5.32 Å². The summed E-state index contributed by atoms with van der Waals surface area (Å²) < 4.78 is 1.13. The van der Waals surface area contributed by atoms with Gasteiger partial charge in [0.05, 0.1) is 0 Å². The Balaban J connectivity index is 2.05. The molecule has 3 heteroatoms. The smallest absolute Gasteiger partial charge is 0.0391 e. The summed E-state index contributed by atoms with van der Waals surface area (Å²) in [6, 6.07) is 13.6. The number of hydrogen-bond donors (Lipinski definition) is 1. The Kier molecular flexibility index (Phi) is 4.60. The van der Waals surface area contributed by atoms with Gasteiger partial charge in [0.15, 0.2) is 0 Å². The molecular formula is C15H18BrNS. The van der Waals surface area contributed by atoms with Gasteiger partial charge in [0.1, 0.15) is 0 Å². The lowest BCUT2D eigenvalue weighted by Gasteiger charge is -2.19. The fourth-order valence-corrected chi connectivity index (χ4v) is 3.32. The maximum Gasteiger partial charge on any atom is 0.0391 e. The Morgan fingerprint density at radius 2 is 1.89 bits per heavy atom. The van der Waals surface area contributed by atoms with Crippen molar-refractivity contribution >= 4 is 27.3 Å². The molecule has 1 aromatic heterocycles. The second kappa shape index (κ2) is 6.00. The Labute approximate surface area is 121 Å². The summed E-state index contributed by atoms with van der Waals surface area (Å²) in [5.41, 5.74) is 1.31. The second-order valence-electron chi connectivity index (χ2n) is 4.61. The van der Waals surface area contributed by atoms with Crippen LogP contribution in [-0.4, -0.2) is 0 Å². The SMILES string of the molecule is Cc1ccc(C(C)N[C@@H](C)c2cccc(Br)c2)s1. The van der Waals surface area contributed by atoms with Crippen LogP contribution in [-0.2, 0) is 0 Å². The van der Waals surface area contributed by atoms with E-state index >= 15 is 0 Å². The molecule has 2 aromatic rings. The molecule has 0 saturated carbocycles. The Morgan fingerprint density at radius 1 is 1.11 bits per heavy atom. The molecule has 1 aromatic carbocycles. The van der Waals surface area contributed by atoms with Crippen LogP contribution in [0.5, 0.6) is 0 Å². The molecule has 0 saturated heterocycles. The molecule has 2 rings (SSSR count). The van der Waals surface area contributed by atoms with Crippen molar-refractivity contribution in [2.24, 2.45) is 0 Å². The highest BCUT2D eigenvalue weighted by atomic mass is 79.9. The fourth-order valence-electron chi connectivity index (χ4n) is 2.02. The highest BCUT2D eigenvalue weighted by molar-refractivity contribution is 9.10. The van der Waals surface area contributed by atoms with Gasteiger partial charge < -0.3 is 5.32 Å². The first kappa shape index (κ1) is 13.8. The van der Waals surface area contributed by atoms with Gasteiger partial charge in [-0.1, -0.05) is 28.1 Å². The Hall–Kier alpha value is -0.640. The lowest BCUT2D eigenvalue weighted by molar-refractivity contribution is 0.500. The average Bonchev–Trinajstić information content (AvgIpc) is 2.76. The van der Waals surface area contributed by atoms with Crippen LogP contribution in [0.1, 0.15) is 41.2 Å². The molecule has 0 fully saturated rings. The Bertz CT molecular complexity index is 521. The summed E-state index contributed by atoms with van der Waals surface area (Å²) in [6.07, 6.45) is 0. The third kappa shape index (κ3) is 3.44. The number of nitrogens with one attached hydrogen (secondary N) is 1. The third-order valence-electron chi connectivity index (χ3n) is 3.04. The van der Waals surface area contributed by atoms with Gasteiger partial charge >= 0.3 is 0 Å². The van der Waals surface area contributed by atoms with Crippen LogP contribution in [0.25, 0.3) is 0 Å². The van der Waals surface area contributed by atoms with Crippen molar-refractivity contribution in [3.05, 3.63) is 56.2 Å². The highest BCUT2D eigenvalue weighted by Gasteiger charge is 2.12. The molecule has 2 atom stereocenters. The molecule has 0 aliphatic heterocycles. The van der Waals surface area contributed by atoms with Crippen molar-refractivity contribution in [2.75, 3.05) is 0 Å². The molecule has 1 heterocycles. The molecule has 1 N–H and O–H groups in total. The molecule has 0 amide bonds. The molecule has 1 unspecified atom stereocenters. The van der Waals surface area contributed by atoms with Crippen molar-refractivity contribution in [2.45, 2.75) is 32.9 Å². The van der Waals surface area contributed by atoms with E-state index in [-0.39, 0.29) is 0 Å². The number of halogens is 1. The average molecular weight is 324 g/mol. The minimum absolute atomic E-state index is 0.347. The van der Waals surface area contributed by atoms with Crippen LogP contribution in [0.15, 0.2) is 40.9 Å². The minimum Gasteiger partial charge on any atom is -0.303 e. The summed E-state index contributed by atoms with van der Waals surface area (Å²) in [5.74, 6) is 0. The molecular weight excluding hydrogens is 306 g/mol. The standard InChI is InChI=1S/C15H18BrNS/c1-10-7-8-15(18-10)12(3)17-11(2)13-5-4-6-14(16)9-13/h4-9,11-12,17H,1-3H3/t11-,12?/m0/s1. The van der Waals surface area contributed by atoms with E-state index in [0.29, 0.717) is 12.1 Å². The number of rotatable bonds is 4. The van der Waals surface area contributed by atoms with Gasteiger partial charge in [-0.05, 0) is 50.6 Å². The van der Waals surface area contributed by atoms with E-state index < -0.39 is 0 Å². The van der Waals surface area contributed by atoms with Crippen LogP contribution in [0, 0.1) is 6.92 Å². The zero-order valence-corrected chi connectivity index (χ0v) is 13.3. The van der Waals surface area contributed by atoms with Crippen molar-refractivity contribution in [1.29, 1.82) is 0 Å². The summed E-state index contributed by atoms with van der Waals surface area (Å²) in [7, 11) is 0. The predicted molar refractivity (Wildman–Crippen MR) is 83.2 cm³/mol. The quantitative estimate of drug-likeness (QED) is 0.812. The first-order valence-electron chi connectivity index (χ1n) is 6.14. The predicted octanol–water partition coefficient (Wildman–Crippen LogP) is 5.23. The first-order chi connectivity index (χ1) is 8.56. The molecule has 1 nitrogen and oxygen atoms in total. The van der Waals surface area contributed by atoms with E-state index in [0.717, 1.165) is 4.47 Å². The van der Waals surface area contributed by atoms with E-state index in [1.165, 1.54) is 15.3 Å². The van der Waals surface area contributed by atoms with E-state index in [1.54, 1.807) is 0 Å². The number of hydrogen-bond acceptors (Lipinski definition) is 2. The third-order valence-corrected chi connectivity index (χ3v) is 4.71. The first-order valence-corrected chi connectivity index (χ1v) is 7.75. The molecule has 0 aliphatic rings. The molecule has 0 aliphatic carbocycles. The van der Waals surface area contributed by atoms with Gasteiger partial charge in [-0.25, -0.2) is 0 Å². The number of benzene rings is 1. The van der Waals surface area contributed by atoms with Gasteiger partial charge in [0, 0.05) is 26.3 Å². The Morgan fingerprint density at radius 3 is 2.50 bits per heavy atom. The van der Waals surface area contributed by atoms with Crippen LogP contribution < -0.4 is 5.32 Å². The largest absolute Gasteiger partial charge is 0.303 e. The van der Waals surface area contributed by atoms with Crippen LogP contribution >= 0.6 is 27.3 Å². The zero-order chi connectivity index (χ0) is 13.1. The molecule has 0 radical (unpaired) electrons. The topological polar surface area (TPSA) is 12.0 Å². The molecule has 0 bridgehead atoms. The highest BCUT2D eigenvalue weighted by Crippen LogP contribution is 2.26. The van der Waals surface area contributed by atoms with Gasteiger partial charge in [-0.3, -0.25) is 0 Å². The number of aryl methyl sites for hydroxylation is 1. The summed E-state index contributed by atoms with van der Waals surface area (Å²) in [4.78, 5) is 2.77. The van der Waals surface area contributed by atoms with Crippen molar-refractivity contribution in [3.8, 4) is 0 Å². The van der Waals surface area contributed by atoms with E-state index in [2.05, 4.69) is 78.4 Å². The summed E-state index contributed by atoms with van der Waals surface area (Å²) in [6.45, 7) is 6.58. The van der Waals surface area contributed by atoms with Crippen molar-refractivity contribution in [3.63, 3.8) is 0 Å². The maximum absolute atomic E-state index is 3.64. The van der Waals surface area contributed by atoms with E-state index in [4.69, 9.17) is 0 Å². The minimum atomic E-state index is 0.347. The van der Waals surface area contributed by atoms with Crippen LogP contribution in [0.3, 0.4) is 0 Å². The lowest BCUT2D eigenvalue weighted by atomic mass is 10.1. The lowest BCUT2D eigenvalue weighted by Crippen LogP contribution is -2.21. The van der Waals surface area contributed by atoms with Gasteiger partial charge in [-0.15, -0.1) is 11.3 Å². The van der Waals surface area contributed by atoms with Gasteiger partial charge in [-0.2, -0.15) is 0 Å². The molecule has 0 spiro atoms. The summed E-state index contributed by atoms with van der Waals surface area (Å²) in [5, 5.41) is 3.64. The fraction of sp³-hybridized carbons (Fsp3) is 0.333. The maximum atomic E-state index is 3.64. The van der Waals surface area contributed by atoms with Crippen LogP contribution in [0.4, 0.5) is 0 Å². The van der Waals surface area contributed by atoms with E-state index in [9.17, 15) is 0 Å². The van der Waals surface area contributed by atoms with Crippen LogP contribution in [0.2, 0.25) is 0 Å². The second-order valence-corrected chi connectivity index (χ2v) is 6.85. The monoisotopic (exact) mass is 323 g/mol. The van der Waals surface area contributed by atoms with E-state index in [1.807, 2.05) is 11.3 Å². The summed E-state index contributed by atoms with van der Waals surface area (Å²) >= 11 is 5.38. The molecule has 96 valence electrons. The van der Waals surface area contributed by atoms with Gasteiger partial charge in [0.25, 0.3) is 0 Å². The van der Waals surface area contributed by atoms with Gasteiger partial charge in [0.2, 0.25) is 0 Å². The van der Waals surface area contributed by atoms with Crippen molar-refractivity contribution < 1.29 is 0 Å². The zero-order valence-electron chi connectivity index (χ0n) is 10.9. The molecule has 18 heavy (non-hydrogen) atoms. The number of thiophene rings is 1.